The summed E-state index contributed by atoms with van der Waals surface area (Å²) in [4.78, 5) is 0. The van der Waals surface area contributed by atoms with Gasteiger partial charge in [0, 0.05) is 13.1 Å². The average molecular weight is 261 g/mol. The number of aromatic amines is 1. The van der Waals surface area contributed by atoms with E-state index in [4.69, 9.17) is 10.5 Å². The van der Waals surface area contributed by atoms with E-state index in [1.165, 1.54) is 4.31 Å². The Hall–Kier alpha value is -1.32. The topological polar surface area (TPSA) is 113 Å². The van der Waals surface area contributed by atoms with Crippen LogP contribution in [-0.2, 0) is 14.9 Å². The van der Waals surface area contributed by atoms with Crippen LogP contribution in [-0.4, -0.2) is 49.2 Å². The Balaban J connectivity index is 2.14. The standard InChI is InChI=1S/C8H15N5O3S/c1-6-7(9)8(11-10-6)12-17(14,15)13-2-4-16-5-3-13/h2-5,9H2,1H3,(H2,10,11,12). The van der Waals surface area contributed by atoms with Crippen LogP contribution in [0.25, 0.3) is 0 Å². The van der Waals surface area contributed by atoms with Crippen LogP contribution in [0.5, 0.6) is 0 Å². The normalized spacial score (nSPS) is 18.2. The highest BCUT2D eigenvalue weighted by Crippen LogP contribution is 2.20. The fourth-order valence-corrected chi connectivity index (χ4v) is 2.65. The molecule has 0 unspecified atom stereocenters. The van der Waals surface area contributed by atoms with Crippen LogP contribution in [0.3, 0.4) is 0 Å². The zero-order valence-corrected chi connectivity index (χ0v) is 10.2. The Kier molecular flexibility index (Phi) is 3.22. The van der Waals surface area contributed by atoms with Crippen LogP contribution in [0.2, 0.25) is 0 Å². The molecule has 0 aliphatic carbocycles. The zero-order valence-electron chi connectivity index (χ0n) is 9.43. The Morgan fingerprint density at radius 2 is 2.12 bits per heavy atom. The van der Waals surface area contributed by atoms with Gasteiger partial charge in [-0.25, -0.2) is 0 Å². The van der Waals surface area contributed by atoms with Crippen molar-refractivity contribution in [2.45, 2.75) is 6.92 Å². The molecule has 1 saturated heterocycles. The summed E-state index contributed by atoms with van der Waals surface area (Å²) in [7, 11) is -3.60. The van der Waals surface area contributed by atoms with Crippen molar-refractivity contribution in [3.8, 4) is 0 Å². The van der Waals surface area contributed by atoms with Crippen molar-refractivity contribution in [3.05, 3.63) is 5.69 Å². The van der Waals surface area contributed by atoms with Crippen LogP contribution in [0.1, 0.15) is 5.69 Å². The second-order valence-corrected chi connectivity index (χ2v) is 5.40. The summed E-state index contributed by atoms with van der Waals surface area (Å²) in [5, 5.41) is 6.41. The van der Waals surface area contributed by atoms with Gasteiger partial charge < -0.3 is 10.5 Å². The Bertz CT molecular complexity index is 491. The molecule has 1 aliphatic heterocycles. The van der Waals surface area contributed by atoms with Crippen LogP contribution >= 0.6 is 0 Å². The molecule has 0 aromatic carbocycles. The fourth-order valence-electron chi connectivity index (χ4n) is 1.49. The highest BCUT2D eigenvalue weighted by atomic mass is 32.2. The molecule has 0 atom stereocenters. The lowest BCUT2D eigenvalue weighted by atomic mass is 10.4. The van der Waals surface area contributed by atoms with Crippen molar-refractivity contribution in [3.63, 3.8) is 0 Å². The molecule has 0 radical (unpaired) electrons. The first-order valence-corrected chi connectivity index (χ1v) is 6.61. The van der Waals surface area contributed by atoms with Gasteiger partial charge in [0.15, 0.2) is 5.82 Å². The average Bonchev–Trinajstić information content (AvgIpc) is 2.62. The lowest BCUT2D eigenvalue weighted by Crippen LogP contribution is -2.43. The monoisotopic (exact) mass is 261 g/mol. The van der Waals surface area contributed by atoms with Gasteiger partial charge in [0.25, 0.3) is 0 Å². The van der Waals surface area contributed by atoms with Gasteiger partial charge in [-0.2, -0.15) is 17.8 Å². The molecule has 2 heterocycles. The molecule has 1 aromatic heterocycles. The van der Waals surface area contributed by atoms with Gasteiger partial charge >= 0.3 is 10.2 Å². The van der Waals surface area contributed by atoms with E-state index in [2.05, 4.69) is 14.9 Å². The van der Waals surface area contributed by atoms with Crippen LogP contribution < -0.4 is 10.5 Å². The third-order valence-corrected chi connectivity index (χ3v) is 4.03. The fraction of sp³-hybridized carbons (Fsp3) is 0.625. The summed E-state index contributed by atoms with van der Waals surface area (Å²) in [5.74, 6) is 0.133. The highest BCUT2D eigenvalue weighted by molar-refractivity contribution is 7.90. The summed E-state index contributed by atoms with van der Waals surface area (Å²) in [6, 6.07) is 0. The minimum atomic E-state index is -3.60. The molecule has 17 heavy (non-hydrogen) atoms. The number of hydrogen-bond acceptors (Lipinski definition) is 5. The SMILES string of the molecule is Cc1[nH]nc(NS(=O)(=O)N2CCOCC2)c1N. The molecule has 1 aromatic rings. The largest absolute Gasteiger partial charge is 0.394 e. The molecule has 9 heteroatoms. The maximum Gasteiger partial charge on any atom is 0.303 e. The number of nitrogen functional groups attached to an aromatic ring is 1. The number of nitrogens with two attached hydrogens (primary N) is 1. The first-order chi connectivity index (χ1) is 8.00. The van der Waals surface area contributed by atoms with E-state index in [-0.39, 0.29) is 5.82 Å². The molecule has 4 N–H and O–H groups in total. The van der Waals surface area contributed by atoms with Gasteiger partial charge in [0.05, 0.1) is 24.6 Å². The number of morpholine rings is 1. The quantitative estimate of drug-likeness (QED) is 0.665. The number of ether oxygens (including phenoxy) is 1. The number of aromatic nitrogens is 2. The van der Waals surface area contributed by atoms with Crippen LogP contribution in [0.4, 0.5) is 11.5 Å². The van der Waals surface area contributed by atoms with E-state index in [1.807, 2.05) is 0 Å². The first kappa shape index (κ1) is 12.1. The summed E-state index contributed by atoms with van der Waals surface area (Å²) in [6.45, 7) is 3.18. The Morgan fingerprint density at radius 3 is 2.65 bits per heavy atom. The minimum absolute atomic E-state index is 0.133. The molecule has 0 bridgehead atoms. The maximum absolute atomic E-state index is 12.0. The third-order valence-electron chi connectivity index (χ3n) is 2.53. The number of hydrogen-bond donors (Lipinski definition) is 3. The molecule has 0 amide bonds. The lowest BCUT2D eigenvalue weighted by molar-refractivity contribution is 0.0733. The number of anilines is 2. The number of aryl methyl sites for hydroxylation is 1. The summed E-state index contributed by atoms with van der Waals surface area (Å²) < 4.78 is 32.7. The Labute approximate surface area is 99.3 Å². The van der Waals surface area contributed by atoms with Gasteiger partial charge in [-0.15, -0.1) is 0 Å². The van der Waals surface area contributed by atoms with Crippen molar-refractivity contribution in [2.75, 3.05) is 36.8 Å². The van der Waals surface area contributed by atoms with Gasteiger partial charge in [0.1, 0.15) is 0 Å². The van der Waals surface area contributed by atoms with Gasteiger partial charge in [0.2, 0.25) is 0 Å². The second kappa shape index (κ2) is 4.51. The van der Waals surface area contributed by atoms with Crippen molar-refractivity contribution >= 4 is 21.7 Å². The predicted molar refractivity (Wildman–Crippen MR) is 62.7 cm³/mol. The van der Waals surface area contributed by atoms with Gasteiger partial charge in [-0.1, -0.05) is 0 Å². The number of rotatable bonds is 3. The van der Waals surface area contributed by atoms with E-state index >= 15 is 0 Å². The summed E-state index contributed by atoms with van der Waals surface area (Å²) >= 11 is 0. The number of nitrogens with one attached hydrogen (secondary N) is 2. The van der Waals surface area contributed by atoms with Gasteiger partial charge in [-0.3, -0.25) is 9.82 Å². The van der Waals surface area contributed by atoms with Crippen molar-refractivity contribution in [1.82, 2.24) is 14.5 Å². The lowest BCUT2D eigenvalue weighted by Gasteiger charge is -2.25. The highest BCUT2D eigenvalue weighted by Gasteiger charge is 2.25. The number of H-pyrrole nitrogens is 1. The summed E-state index contributed by atoms with van der Waals surface area (Å²) in [6.07, 6.45) is 0. The molecule has 96 valence electrons. The van der Waals surface area contributed by atoms with Crippen LogP contribution in [0.15, 0.2) is 0 Å². The summed E-state index contributed by atoms with van der Waals surface area (Å²) in [5.41, 5.74) is 6.61. The molecule has 8 nitrogen and oxygen atoms in total. The van der Waals surface area contributed by atoms with Gasteiger partial charge in [-0.05, 0) is 6.92 Å². The maximum atomic E-state index is 12.0. The molecule has 1 fully saturated rings. The van der Waals surface area contributed by atoms with E-state index < -0.39 is 10.2 Å². The second-order valence-electron chi connectivity index (χ2n) is 3.73. The molecule has 0 saturated carbocycles. The van der Waals surface area contributed by atoms with E-state index in [1.54, 1.807) is 6.92 Å². The molecular weight excluding hydrogens is 246 g/mol. The van der Waals surface area contributed by atoms with Crippen LogP contribution in [0, 0.1) is 6.92 Å². The zero-order chi connectivity index (χ0) is 12.5. The third kappa shape index (κ3) is 2.51. The smallest absolute Gasteiger partial charge is 0.303 e. The van der Waals surface area contributed by atoms with E-state index in [9.17, 15) is 8.42 Å². The van der Waals surface area contributed by atoms with Crippen molar-refractivity contribution in [1.29, 1.82) is 0 Å². The van der Waals surface area contributed by atoms with E-state index in [0.29, 0.717) is 37.7 Å². The molecular formula is C8H15N5O3S. The minimum Gasteiger partial charge on any atom is -0.394 e. The molecule has 1 aliphatic rings. The Morgan fingerprint density at radius 1 is 1.47 bits per heavy atom. The molecule has 0 spiro atoms. The predicted octanol–water partition coefficient (Wildman–Crippen LogP) is -0.711. The van der Waals surface area contributed by atoms with Crippen molar-refractivity contribution in [2.24, 2.45) is 0 Å². The van der Waals surface area contributed by atoms with Crippen molar-refractivity contribution < 1.29 is 13.2 Å². The number of nitrogens with zero attached hydrogens (tertiary/aromatic N) is 2. The molecule has 2 rings (SSSR count). The first-order valence-electron chi connectivity index (χ1n) is 5.17. The van der Waals surface area contributed by atoms with E-state index in [0.717, 1.165) is 0 Å².